The molecule has 3 amide bonds. The van der Waals surface area contributed by atoms with Crippen molar-refractivity contribution in [3.63, 3.8) is 0 Å². The molecule has 0 bridgehead atoms. The van der Waals surface area contributed by atoms with Crippen LogP contribution in [-0.2, 0) is 24.0 Å². The molecule has 15 heteroatoms. The van der Waals surface area contributed by atoms with Crippen LogP contribution in [0.2, 0.25) is 0 Å². The number of aliphatic carboxylic acids is 2. The number of guanidine groups is 1. The second kappa shape index (κ2) is 17.4. The molecule has 0 radical (unpaired) electrons. The van der Waals surface area contributed by atoms with E-state index in [0.717, 1.165) is 0 Å². The molecular weight excluding hydrogens is 494 g/mol. The van der Waals surface area contributed by atoms with Gasteiger partial charge in [-0.1, -0.05) is 20.3 Å². The van der Waals surface area contributed by atoms with Crippen LogP contribution in [0.5, 0.6) is 0 Å². The number of carboxylic acid groups (broad SMARTS) is 2. The number of amides is 3. The van der Waals surface area contributed by atoms with Crippen LogP contribution in [-0.4, -0.2) is 88.6 Å². The Labute approximate surface area is 214 Å². The third kappa shape index (κ3) is 13.1. The summed E-state index contributed by atoms with van der Waals surface area (Å²) in [6, 6.07) is -4.87. The standard InChI is InChI=1S/C21H39N7O7S/c1-4-11(2)16(28-17(31)12(22)6-5-8-25-21(23)24)19(33)27-14(10-15(29)30)18(32)26-13(20(34)35)7-9-36-3/h11-14,16H,4-10,22H2,1-3H3,(H,26,32)(H,27,33)(H,28,31)(H,29,30)(H,34,35)(H4,23,24,25). The Bertz CT molecular complexity index is 793. The van der Waals surface area contributed by atoms with Gasteiger partial charge in [0.1, 0.15) is 18.1 Å². The fourth-order valence-corrected chi connectivity index (χ4v) is 3.49. The molecule has 5 unspecified atom stereocenters. The smallest absolute Gasteiger partial charge is 0.326 e. The van der Waals surface area contributed by atoms with Gasteiger partial charge >= 0.3 is 11.9 Å². The maximum absolute atomic E-state index is 13.0. The minimum Gasteiger partial charge on any atom is -0.481 e. The average Bonchev–Trinajstić information content (AvgIpc) is 2.80. The van der Waals surface area contributed by atoms with E-state index in [9.17, 15) is 34.2 Å². The number of rotatable bonds is 18. The largest absolute Gasteiger partial charge is 0.481 e. The van der Waals surface area contributed by atoms with Gasteiger partial charge in [-0.15, -0.1) is 0 Å². The molecule has 0 saturated heterocycles. The fourth-order valence-electron chi connectivity index (χ4n) is 3.02. The lowest BCUT2D eigenvalue weighted by Crippen LogP contribution is -2.59. The maximum Gasteiger partial charge on any atom is 0.326 e. The van der Waals surface area contributed by atoms with E-state index in [-0.39, 0.29) is 31.3 Å². The molecule has 0 aromatic heterocycles. The first-order chi connectivity index (χ1) is 16.8. The van der Waals surface area contributed by atoms with Crippen LogP contribution in [0.1, 0.15) is 46.0 Å². The Morgan fingerprint density at radius 2 is 1.56 bits per heavy atom. The lowest BCUT2D eigenvalue weighted by Gasteiger charge is -2.27. The summed E-state index contributed by atoms with van der Waals surface area (Å²) < 4.78 is 0. The van der Waals surface area contributed by atoms with Gasteiger partial charge in [-0.3, -0.25) is 24.2 Å². The highest BCUT2D eigenvalue weighted by molar-refractivity contribution is 7.98. The summed E-state index contributed by atoms with van der Waals surface area (Å²) in [5.41, 5.74) is 16.4. The summed E-state index contributed by atoms with van der Waals surface area (Å²) in [7, 11) is 0. The second-order valence-electron chi connectivity index (χ2n) is 8.27. The van der Waals surface area contributed by atoms with E-state index in [4.69, 9.17) is 17.2 Å². The maximum atomic E-state index is 13.0. The quantitative estimate of drug-likeness (QED) is 0.0553. The monoisotopic (exact) mass is 533 g/mol. The van der Waals surface area contributed by atoms with E-state index in [0.29, 0.717) is 18.6 Å². The molecular formula is C21H39N7O7S. The molecule has 36 heavy (non-hydrogen) atoms. The van der Waals surface area contributed by atoms with Crippen molar-refractivity contribution in [2.24, 2.45) is 28.1 Å². The number of thioether (sulfide) groups is 1. The van der Waals surface area contributed by atoms with Gasteiger partial charge in [0.05, 0.1) is 12.5 Å². The zero-order valence-corrected chi connectivity index (χ0v) is 21.7. The third-order valence-electron chi connectivity index (χ3n) is 5.33. The molecule has 0 saturated carbocycles. The summed E-state index contributed by atoms with van der Waals surface area (Å²) in [5.74, 6) is -5.03. The second-order valence-corrected chi connectivity index (χ2v) is 9.25. The normalized spacial score (nSPS) is 14.9. The SMILES string of the molecule is CCC(C)C(NC(=O)C(N)CCCN=C(N)N)C(=O)NC(CC(=O)O)C(=O)NC(CCSC)C(=O)O. The van der Waals surface area contributed by atoms with Crippen LogP contribution < -0.4 is 33.2 Å². The van der Waals surface area contributed by atoms with Gasteiger partial charge in [-0.2, -0.15) is 11.8 Å². The topological polar surface area (TPSA) is 252 Å². The van der Waals surface area contributed by atoms with E-state index in [1.165, 1.54) is 11.8 Å². The van der Waals surface area contributed by atoms with Crippen molar-refractivity contribution in [2.45, 2.75) is 70.1 Å². The van der Waals surface area contributed by atoms with Crippen LogP contribution in [0, 0.1) is 5.92 Å². The molecule has 0 aromatic carbocycles. The third-order valence-corrected chi connectivity index (χ3v) is 5.98. The molecule has 0 rings (SSSR count). The summed E-state index contributed by atoms with van der Waals surface area (Å²) in [5, 5.41) is 25.7. The lowest BCUT2D eigenvalue weighted by molar-refractivity contribution is -0.143. The minimum absolute atomic E-state index is 0.0830. The predicted octanol–water partition coefficient (Wildman–Crippen LogP) is -1.82. The van der Waals surface area contributed by atoms with E-state index >= 15 is 0 Å². The Morgan fingerprint density at radius 1 is 0.944 bits per heavy atom. The van der Waals surface area contributed by atoms with Crippen LogP contribution in [0.4, 0.5) is 0 Å². The number of hydrogen-bond acceptors (Lipinski definition) is 8. The molecule has 11 N–H and O–H groups in total. The van der Waals surface area contributed by atoms with Gasteiger partial charge in [0.2, 0.25) is 17.7 Å². The zero-order chi connectivity index (χ0) is 27.8. The summed E-state index contributed by atoms with van der Waals surface area (Å²) in [6.07, 6.45) is 2.25. The highest BCUT2D eigenvalue weighted by Crippen LogP contribution is 2.10. The van der Waals surface area contributed by atoms with E-state index in [2.05, 4.69) is 20.9 Å². The Hall–Kier alpha value is -3.07. The summed E-state index contributed by atoms with van der Waals surface area (Å²) in [6.45, 7) is 3.76. The van der Waals surface area contributed by atoms with E-state index in [1.54, 1.807) is 20.1 Å². The van der Waals surface area contributed by atoms with Gasteiger partial charge in [0.15, 0.2) is 5.96 Å². The van der Waals surface area contributed by atoms with Crippen molar-refractivity contribution in [1.29, 1.82) is 0 Å². The van der Waals surface area contributed by atoms with Crippen molar-refractivity contribution in [3.05, 3.63) is 0 Å². The van der Waals surface area contributed by atoms with E-state index in [1.807, 2.05) is 0 Å². The highest BCUT2D eigenvalue weighted by Gasteiger charge is 2.33. The van der Waals surface area contributed by atoms with Gasteiger partial charge in [0, 0.05) is 6.54 Å². The number of carboxylic acids is 2. The van der Waals surface area contributed by atoms with E-state index < -0.39 is 60.2 Å². The van der Waals surface area contributed by atoms with Crippen molar-refractivity contribution in [1.82, 2.24) is 16.0 Å². The number of carbonyl (C=O) groups is 5. The Kier molecular flexibility index (Phi) is 15.9. The summed E-state index contributed by atoms with van der Waals surface area (Å²) >= 11 is 1.38. The van der Waals surface area contributed by atoms with Crippen LogP contribution >= 0.6 is 11.8 Å². The molecule has 0 aliphatic rings. The van der Waals surface area contributed by atoms with Crippen LogP contribution in [0.15, 0.2) is 4.99 Å². The van der Waals surface area contributed by atoms with Gasteiger partial charge in [-0.05, 0) is 37.2 Å². The van der Waals surface area contributed by atoms with Crippen molar-refractivity contribution >= 4 is 47.4 Å². The predicted molar refractivity (Wildman–Crippen MR) is 136 cm³/mol. The van der Waals surface area contributed by atoms with Crippen molar-refractivity contribution < 1.29 is 34.2 Å². The molecule has 14 nitrogen and oxygen atoms in total. The van der Waals surface area contributed by atoms with Gasteiger partial charge in [-0.25, -0.2) is 4.79 Å². The molecule has 0 spiro atoms. The van der Waals surface area contributed by atoms with Crippen LogP contribution in [0.3, 0.4) is 0 Å². The first-order valence-corrected chi connectivity index (χ1v) is 12.9. The summed E-state index contributed by atoms with van der Waals surface area (Å²) in [4.78, 5) is 64.9. The number of nitrogens with two attached hydrogens (primary N) is 3. The van der Waals surface area contributed by atoms with Gasteiger partial charge in [0.25, 0.3) is 0 Å². The first-order valence-electron chi connectivity index (χ1n) is 11.5. The Morgan fingerprint density at radius 3 is 2.06 bits per heavy atom. The van der Waals surface area contributed by atoms with Crippen molar-refractivity contribution in [2.75, 3.05) is 18.6 Å². The number of nitrogens with one attached hydrogen (secondary N) is 3. The number of hydrogen-bond donors (Lipinski definition) is 8. The molecule has 0 aromatic rings. The highest BCUT2D eigenvalue weighted by atomic mass is 32.2. The average molecular weight is 534 g/mol. The molecule has 0 fully saturated rings. The first kappa shape index (κ1) is 32.9. The lowest BCUT2D eigenvalue weighted by atomic mass is 9.97. The minimum atomic E-state index is -1.55. The fraction of sp³-hybridized carbons (Fsp3) is 0.714. The van der Waals surface area contributed by atoms with Gasteiger partial charge < -0.3 is 43.4 Å². The Balaban J connectivity index is 5.43. The number of carbonyl (C=O) groups excluding carboxylic acids is 3. The molecule has 5 atom stereocenters. The van der Waals surface area contributed by atoms with Crippen LogP contribution in [0.25, 0.3) is 0 Å². The van der Waals surface area contributed by atoms with Crippen molar-refractivity contribution in [3.8, 4) is 0 Å². The molecule has 0 aliphatic carbocycles. The number of nitrogens with zero attached hydrogens (tertiary/aromatic N) is 1. The molecule has 206 valence electrons. The molecule has 0 aliphatic heterocycles. The zero-order valence-electron chi connectivity index (χ0n) is 20.9. The molecule has 0 heterocycles. The number of aliphatic imine (C=N–C) groups is 1.